The number of rotatable bonds is 7. The predicted octanol–water partition coefficient (Wildman–Crippen LogP) is 3.46. The zero-order chi connectivity index (χ0) is 21.0. The molecular weight excluding hydrogens is 364 g/mol. The van der Waals surface area contributed by atoms with Crippen LogP contribution in [0.15, 0.2) is 48.5 Å². The maximum Gasteiger partial charge on any atom is 0.261 e. The molecule has 29 heavy (non-hydrogen) atoms. The summed E-state index contributed by atoms with van der Waals surface area (Å²) in [5.74, 6) is 0.295. The molecule has 0 N–H and O–H groups in total. The Morgan fingerprint density at radius 2 is 1.52 bits per heavy atom. The second kappa shape index (κ2) is 8.70. The fraction of sp³-hybridized carbons (Fsp3) is 0.304. The van der Waals surface area contributed by atoms with Crippen LogP contribution in [0.2, 0.25) is 0 Å². The van der Waals surface area contributed by atoms with Crippen molar-refractivity contribution in [3.8, 4) is 11.8 Å². The number of nitrogens with zero attached hydrogens (tertiary/aromatic N) is 4. The Labute approximate surface area is 171 Å². The van der Waals surface area contributed by atoms with Gasteiger partial charge in [-0.05, 0) is 50.2 Å². The monoisotopic (exact) mass is 390 g/mol. The summed E-state index contributed by atoms with van der Waals surface area (Å²) in [5, 5.41) is 9.22. The molecule has 1 amide bonds. The number of nitriles is 1. The van der Waals surface area contributed by atoms with Crippen molar-refractivity contribution in [3.63, 3.8) is 0 Å². The average molecular weight is 390 g/mol. The average Bonchev–Trinajstić information content (AvgIpc) is 3.22. The first-order valence-electron chi connectivity index (χ1n) is 9.52. The van der Waals surface area contributed by atoms with Crippen LogP contribution in [0.5, 0.6) is 5.75 Å². The van der Waals surface area contributed by atoms with Gasteiger partial charge in [-0.3, -0.25) is 4.79 Å². The third-order valence-corrected chi connectivity index (χ3v) is 5.37. The van der Waals surface area contributed by atoms with Crippen molar-refractivity contribution in [3.05, 3.63) is 76.9 Å². The highest BCUT2D eigenvalue weighted by molar-refractivity contribution is 5.77. The Kier molecular flexibility index (Phi) is 6.08. The highest BCUT2D eigenvalue weighted by Crippen LogP contribution is 2.18. The fourth-order valence-corrected chi connectivity index (χ4v) is 3.19. The fourth-order valence-electron chi connectivity index (χ4n) is 3.19. The molecule has 2 heterocycles. The van der Waals surface area contributed by atoms with Crippen molar-refractivity contribution >= 4 is 5.91 Å². The van der Waals surface area contributed by atoms with Crippen molar-refractivity contribution < 1.29 is 9.53 Å². The molecular formula is C23H26N4O2. The minimum Gasteiger partial charge on any atom is -0.482 e. The number of hydrogen-bond donors (Lipinski definition) is 0. The normalized spacial score (nSPS) is 10.6. The van der Waals surface area contributed by atoms with Gasteiger partial charge in [0.05, 0.1) is 18.7 Å². The first kappa shape index (κ1) is 20.3. The van der Waals surface area contributed by atoms with Crippen LogP contribution in [0, 0.1) is 25.2 Å². The first-order valence-corrected chi connectivity index (χ1v) is 9.52. The number of carbonyl (C=O) groups is 1. The lowest BCUT2D eigenvalue weighted by Gasteiger charge is -2.24. The summed E-state index contributed by atoms with van der Waals surface area (Å²) in [6, 6.07) is 17.2. The van der Waals surface area contributed by atoms with E-state index in [4.69, 9.17) is 4.74 Å². The van der Waals surface area contributed by atoms with E-state index in [0.717, 1.165) is 22.8 Å². The Morgan fingerprint density at radius 3 is 2.00 bits per heavy atom. The van der Waals surface area contributed by atoms with Crippen molar-refractivity contribution in [2.24, 2.45) is 14.1 Å². The lowest BCUT2D eigenvalue weighted by molar-refractivity contribution is -0.134. The third-order valence-electron chi connectivity index (χ3n) is 5.37. The number of aromatic nitrogens is 2. The number of benzene rings is 1. The van der Waals surface area contributed by atoms with E-state index < -0.39 is 0 Å². The van der Waals surface area contributed by atoms with Gasteiger partial charge in [0, 0.05) is 36.9 Å². The molecule has 150 valence electrons. The van der Waals surface area contributed by atoms with Gasteiger partial charge in [-0.2, -0.15) is 5.26 Å². The van der Waals surface area contributed by atoms with Crippen LogP contribution in [0.25, 0.3) is 0 Å². The standard InChI is InChI=1S/C23H26N4O2/c1-17-9-11-20(25(17)3)14-27(15-21-12-10-18(2)26(21)4)23(28)16-29-22-8-6-5-7-19(22)13-24/h5-12H,14-16H2,1-4H3. The summed E-state index contributed by atoms with van der Waals surface area (Å²) in [6.45, 7) is 4.93. The van der Waals surface area contributed by atoms with E-state index in [-0.39, 0.29) is 12.5 Å². The second-order valence-electron chi connectivity index (χ2n) is 7.20. The van der Waals surface area contributed by atoms with E-state index in [1.54, 1.807) is 29.2 Å². The number of ether oxygens (including phenoxy) is 1. The zero-order valence-electron chi connectivity index (χ0n) is 17.3. The van der Waals surface area contributed by atoms with Gasteiger partial charge in [0.2, 0.25) is 0 Å². The first-order chi connectivity index (χ1) is 13.9. The van der Waals surface area contributed by atoms with Crippen LogP contribution >= 0.6 is 0 Å². The highest BCUT2D eigenvalue weighted by atomic mass is 16.5. The number of hydrogen-bond acceptors (Lipinski definition) is 3. The van der Waals surface area contributed by atoms with E-state index >= 15 is 0 Å². The molecule has 0 aliphatic rings. The van der Waals surface area contributed by atoms with Crippen molar-refractivity contribution in [1.29, 1.82) is 5.26 Å². The smallest absolute Gasteiger partial charge is 0.261 e. The van der Waals surface area contributed by atoms with Gasteiger partial charge in [0.15, 0.2) is 6.61 Å². The molecule has 1 aromatic carbocycles. The maximum absolute atomic E-state index is 13.1. The number of amides is 1. The Morgan fingerprint density at radius 1 is 0.966 bits per heavy atom. The van der Waals surface area contributed by atoms with Gasteiger partial charge in [0.1, 0.15) is 11.8 Å². The van der Waals surface area contributed by atoms with Gasteiger partial charge < -0.3 is 18.8 Å². The van der Waals surface area contributed by atoms with Gasteiger partial charge in [-0.25, -0.2) is 0 Å². The molecule has 6 nitrogen and oxygen atoms in total. The molecule has 0 aliphatic carbocycles. The lowest BCUT2D eigenvalue weighted by atomic mass is 10.2. The third kappa shape index (κ3) is 4.52. The molecule has 0 saturated heterocycles. The van der Waals surface area contributed by atoms with Crippen LogP contribution in [-0.4, -0.2) is 26.5 Å². The largest absolute Gasteiger partial charge is 0.482 e. The highest BCUT2D eigenvalue weighted by Gasteiger charge is 2.19. The summed E-state index contributed by atoms with van der Waals surface area (Å²) < 4.78 is 9.86. The van der Waals surface area contributed by atoms with Crippen LogP contribution in [0.4, 0.5) is 0 Å². The quantitative estimate of drug-likeness (QED) is 0.621. The van der Waals surface area contributed by atoms with Gasteiger partial charge in [0.25, 0.3) is 5.91 Å². The van der Waals surface area contributed by atoms with Gasteiger partial charge >= 0.3 is 0 Å². The number of aryl methyl sites for hydroxylation is 2. The minimum atomic E-state index is -0.129. The summed E-state index contributed by atoms with van der Waals surface area (Å²) in [4.78, 5) is 14.9. The van der Waals surface area contributed by atoms with Crippen molar-refractivity contribution in [2.75, 3.05) is 6.61 Å². The van der Waals surface area contributed by atoms with E-state index in [1.165, 1.54) is 0 Å². The minimum absolute atomic E-state index is 0.120. The summed E-state index contributed by atoms with van der Waals surface area (Å²) >= 11 is 0. The Balaban J connectivity index is 1.79. The molecule has 6 heteroatoms. The lowest BCUT2D eigenvalue weighted by Crippen LogP contribution is -2.35. The zero-order valence-corrected chi connectivity index (χ0v) is 17.3. The van der Waals surface area contributed by atoms with Gasteiger partial charge in [-0.15, -0.1) is 0 Å². The van der Waals surface area contributed by atoms with Crippen LogP contribution in [0.3, 0.4) is 0 Å². The Bertz CT molecular complexity index is 1010. The molecule has 0 unspecified atom stereocenters. The second-order valence-corrected chi connectivity index (χ2v) is 7.20. The van der Waals surface area contributed by atoms with Crippen molar-refractivity contribution in [1.82, 2.24) is 14.0 Å². The van der Waals surface area contributed by atoms with Crippen LogP contribution in [-0.2, 0) is 32.0 Å². The summed E-state index contributed by atoms with van der Waals surface area (Å²) in [5.41, 5.74) is 4.81. The van der Waals surface area contributed by atoms with E-state index in [9.17, 15) is 10.1 Å². The Hall–Kier alpha value is -3.46. The van der Waals surface area contributed by atoms with Gasteiger partial charge in [-0.1, -0.05) is 12.1 Å². The maximum atomic E-state index is 13.1. The van der Waals surface area contributed by atoms with Crippen LogP contribution < -0.4 is 4.74 Å². The molecule has 0 spiro atoms. The number of carbonyl (C=O) groups excluding carboxylic acids is 1. The molecule has 3 aromatic rings. The van der Waals surface area contributed by atoms with Crippen LogP contribution in [0.1, 0.15) is 28.3 Å². The molecule has 3 rings (SSSR count). The predicted molar refractivity (Wildman–Crippen MR) is 111 cm³/mol. The van der Waals surface area contributed by atoms with Crippen molar-refractivity contribution in [2.45, 2.75) is 26.9 Å². The SMILES string of the molecule is Cc1ccc(CN(Cc2ccc(C)n2C)C(=O)COc2ccccc2C#N)n1C. The van der Waals surface area contributed by atoms with E-state index in [0.29, 0.717) is 24.4 Å². The van der Waals surface area contributed by atoms with E-state index in [2.05, 4.69) is 15.2 Å². The molecule has 0 aliphatic heterocycles. The molecule has 2 aromatic heterocycles. The molecule has 0 radical (unpaired) electrons. The van der Waals surface area contributed by atoms with E-state index in [1.807, 2.05) is 52.2 Å². The molecule has 0 bridgehead atoms. The summed E-state index contributed by atoms with van der Waals surface area (Å²) in [7, 11) is 4.00. The molecule has 0 atom stereocenters. The number of para-hydroxylation sites is 1. The topological polar surface area (TPSA) is 63.2 Å². The summed E-state index contributed by atoms with van der Waals surface area (Å²) in [6.07, 6.45) is 0. The molecule has 0 fully saturated rings. The molecule has 0 saturated carbocycles.